The zero-order chi connectivity index (χ0) is 28.3. The number of nitrogens with one attached hydrogen (secondary N) is 1. The molecule has 0 aliphatic carbocycles. The van der Waals surface area contributed by atoms with Crippen molar-refractivity contribution in [3.63, 3.8) is 0 Å². The molecule has 0 heterocycles. The van der Waals surface area contributed by atoms with E-state index in [0.29, 0.717) is 6.61 Å². The second-order valence-electron chi connectivity index (χ2n) is 9.08. The molecule has 0 saturated carbocycles. The van der Waals surface area contributed by atoms with Crippen molar-refractivity contribution in [3.05, 3.63) is 59.7 Å². The predicted octanol–water partition coefficient (Wildman–Crippen LogP) is 7.13. The molecule has 214 valence electrons. The molecule has 0 fully saturated rings. The Morgan fingerprint density at radius 3 is 2.08 bits per heavy atom. The first-order chi connectivity index (χ1) is 18.3. The molecular formula is C29H49N4O2PS2. The number of ether oxygens (including phenoxy) is 2. The van der Waals surface area contributed by atoms with Gasteiger partial charge in [-0.05, 0) is 65.5 Å². The fraction of sp³-hybridized carbons (Fsp3) is 0.586. The molecule has 6 nitrogen and oxygen atoms in total. The molecule has 2 aromatic rings. The van der Waals surface area contributed by atoms with Gasteiger partial charge in [-0.1, -0.05) is 94.1 Å². The fourth-order valence-electron chi connectivity index (χ4n) is 5.13. The van der Waals surface area contributed by atoms with E-state index in [1.165, 1.54) is 5.56 Å². The number of nitrogens with zero attached hydrogens (tertiary/aromatic N) is 3. The third kappa shape index (κ3) is 6.49. The highest BCUT2D eigenvalue weighted by molar-refractivity contribution is 8.17. The van der Waals surface area contributed by atoms with Crippen molar-refractivity contribution in [2.24, 2.45) is 0 Å². The standard InChI is InChI=1S/C29H49N4O2PS2/c1-11-30-28(6,31(7)8)36(33(37-10)38-15-5)29(32(12-2)13-3,24-20-17-16-18-21-24)25-22-19-23-26(34-9)27(25)35-14-4/h16-23,30H,11-15H2,1-10H3. The first-order valence-corrected chi connectivity index (χ1v) is 17.0. The molecule has 0 saturated heterocycles. The summed E-state index contributed by atoms with van der Waals surface area (Å²) in [6.07, 6.45) is 2.20. The maximum Gasteiger partial charge on any atom is 0.166 e. The molecule has 0 aliphatic rings. The average molecular weight is 581 g/mol. The van der Waals surface area contributed by atoms with E-state index in [9.17, 15) is 0 Å². The molecule has 0 bridgehead atoms. The highest BCUT2D eigenvalue weighted by Gasteiger charge is 2.58. The number of hydrogen-bond donors (Lipinski definition) is 1. The maximum absolute atomic E-state index is 6.47. The minimum absolute atomic E-state index is 0.361. The van der Waals surface area contributed by atoms with Crippen molar-refractivity contribution in [2.75, 3.05) is 59.5 Å². The Morgan fingerprint density at radius 2 is 1.61 bits per heavy atom. The van der Waals surface area contributed by atoms with Crippen LogP contribution in [-0.4, -0.2) is 78.1 Å². The van der Waals surface area contributed by atoms with Gasteiger partial charge in [0.2, 0.25) is 0 Å². The van der Waals surface area contributed by atoms with Gasteiger partial charge in [-0.15, -0.1) is 0 Å². The van der Waals surface area contributed by atoms with Gasteiger partial charge in [-0.25, -0.2) is 0 Å². The van der Waals surface area contributed by atoms with E-state index < -0.39 is 13.4 Å². The van der Waals surface area contributed by atoms with Crippen molar-refractivity contribution in [1.29, 1.82) is 0 Å². The van der Waals surface area contributed by atoms with Crippen LogP contribution in [-0.2, 0) is 5.28 Å². The van der Waals surface area contributed by atoms with Gasteiger partial charge in [-0.2, -0.15) is 3.48 Å². The predicted molar refractivity (Wildman–Crippen MR) is 170 cm³/mol. The Bertz CT molecular complexity index is 967. The largest absolute Gasteiger partial charge is 0.493 e. The van der Waals surface area contributed by atoms with Gasteiger partial charge in [0.25, 0.3) is 0 Å². The van der Waals surface area contributed by atoms with E-state index in [1.54, 1.807) is 7.11 Å². The summed E-state index contributed by atoms with van der Waals surface area (Å²) in [4.78, 5) is 4.99. The first-order valence-electron chi connectivity index (χ1n) is 13.6. The van der Waals surface area contributed by atoms with Gasteiger partial charge >= 0.3 is 0 Å². The summed E-state index contributed by atoms with van der Waals surface area (Å²) in [7, 11) is 5.07. The number of hydrogen-bond acceptors (Lipinski definition) is 8. The zero-order valence-corrected chi connectivity index (χ0v) is 27.6. The number of para-hydroxylation sites is 1. The molecule has 3 unspecified atom stereocenters. The van der Waals surface area contributed by atoms with Crippen LogP contribution in [0.5, 0.6) is 11.5 Å². The van der Waals surface area contributed by atoms with Crippen LogP contribution >= 0.6 is 32.0 Å². The Kier molecular flexibility index (Phi) is 13.7. The van der Waals surface area contributed by atoms with Crippen LogP contribution in [0.1, 0.15) is 52.7 Å². The molecular weight excluding hydrogens is 531 g/mol. The van der Waals surface area contributed by atoms with E-state index in [4.69, 9.17) is 9.47 Å². The molecule has 38 heavy (non-hydrogen) atoms. The number of rotatable bonds is 17. The second-order valence-corrected chi connectivity index (χ2v) is 14.3. The minimum Gasteiger partial charge on any atom is -0.493 e. The Labute approximate surface area is 242 Å². The smallest absolute Gasteiger partial charge is 0.166 e. The lowest BCUT2D eigenvalue weighted by atomic mass is 9.94. The van der Waals surface area contributed by atoms with E-state index in [-0.39, 0.29) is 5.40 Å². The maximum atomic E-state index is 6.47. The summed E-state index contributed by atoms with van der Waals surface area (Å²) in [5.74, 6) is 2.57. The van der Waals surface area contributed by atoms with Gasteiger partial charge < -0.3 is 9.47 Å². The van der Waals surface area contributed by atoms with E-state index in [0.717, 1.165) is 42.4 Å². The summed E-state index contributed by atoms with van der Waals surface area (Å²) in [5.41, 5.74) is 2.40. The molecule has 0 radical (unpaired) electrons. The summed E-state index contributed by atoms with van der Waals surface area (Å²) in [6.45, 7) is 16.5. The Morgan fingerprint density at radius 1 is 0.947 bits per heavy atom. The summed E-state index contributed by atoms with van der Waals surface area (Å²) >= 11 is 3.71. The van der Waals surface area contributed by atoms with Crippen LogP contribution in [0, 0.1) is 0 Å². The molecule has 0 amide bonds. The van der Waals surface area contributed by atoms with Gasteiger partial charge in [-0.3, -0.25) is 15.1 Å². The van der Waals surface area contributed by atoms with Gasteiger partial charge in [0.1, 0.15) is 10.7 Å². The van der Waals surface area contributed by atoms with Gasteiger partial charge in [0.15, 0.2) is 11.5 Å². The highest BCUT2D eigenvalue weighted by atomic mass is 32.2. The summed E-state index contributed by atoms with van der Waals surface area (Å²) in [6, 6.07) is 17.4. The summed E-state index contributed by atoms with van der Waals surface area (Å²) in [5, 5.41) is 3.05. The van der Waals surface area contributed by atoms with E-state index in [2.05, 4.69) is 116 Å². The van der Waals surface area contributed by atoms with Crippen LogP contribution in [0.25, 0.3) is 0 Å². The lowest BCUT2D eigenvalue weighted by molar-refractivity contribution is 0.175. The quantitative estimate of drug-likeness (QED) is 0.120. The van der Waals surface area contributed by atoms with E-state index in [1.807, 2.05) is 36.9 Å². The SMILES string of the molecule is CCNC(C)(N(C)C)P(N(SC)SCC)C(c1ccccc1)(c1cccc(OC)c1OCC)N(CC)CC. The average Bonchev–Trinajstić information content (AvgIpc) is 2.93. The Hall–Kier alpha value is -0.990. The van der Waals surface area contributed by atoms with Crippen molar-refractivity contribution in [3.8, 4) is 11.5 Å². The van der Waals surface area contributed by atoms with E-state index >= 15 is 0 Å². The van der Waals surface area contributed by atoms with Crippen LogP contribution in [0.3, 0.4) is 0 Å². The lowest BCUT2D eigenvalue weighted by Gasteiger charge is -2.58. The molecule has 0 aliphatic heterocycles. The first kappa shape index (κ1) is 33.2. The topological polar surface area (TPSA) is 40.2 Å². The van der Waals surface area contributed by atoms with Crippen LogP contribution in [0.15, 0.2) is 48.5 Å². The third-order valence-electron chi connectivity index (χ3n) is 6.92. The van der Waals surface area contributed by atoms with Crippen molar-refractivity contribution in [2.45, 2.75) is 52.2 Å². The molecule has 0 aromatic heterocycles. The van der Waals surface area contributed by atoms with Crippen LogP contribution in [0.4, 0.5) is 0 Å². The zero-order valence-electron chi connectivity index (χ0n) is 25.1. The molecule has 1 N–H and O–H groups in total. The molecule has 0 spiro atoms. The summed E-state index contributed by atoms with van der Waals surface area (Å²) < 4.78 is 15.0. The van der Waals surface area contributed by atoms with Crippen molar-refractivity contribution in [1.82, 2.24) is 18.6 Å². The number of methoxy groups -OCH3 is 1. The monoisotopic (exact) mass is 580 g/mol. The second kappa shape index (κ2) is 15.7. The fourth-order valence-corrected chi connectivity index (χ4v) is 12.4. The number of benzene rings is 2. The highest BCUT2D eigenvalue weighted by Crippen LogP contribution is 2.74. The normalized spacial score (nSPS) is 15.9. The molecule has 2 rings (SSSR count). The minimum atomic E-state index is -1.05. The van der Waals surface area contributed by atoms with Gasteiger partial charge in [0.05, 0.1) is 21.8 Å². The molecule has 3 atom stereocenters. The van der Waals surface area contributed by atoms with Gasteiger partial charge in [0, 0.05) is 11.3 Å². The third-order valence-corrected chi connectivity index (χ3v) is 13.4. The molecule has 2 aromatic carbocycles. The Balaban J connectivity index is 3.28. The van der Waals surface area contributed by atoms with Crippen LogP contribution in [0.2, 0.25) is 0 Å². The van der Waals surface area contributed by atoms with Crippen molar-refractivity contribution >= 4 is 32.0 Å². The van der Waals surface area contributed by atoms with Crippen molar-refractivity contribution < 1.29 is 9.47 Å². The lowest BCUT2D eigenvalue weighted by Crippen LogP contribution is -2.60. The van der Waals surface area contributed by atoms with Crippen LogP contribution < -0.4 is 14.8 Å². The molecule has 9 heteroatoms.